The average molecular weight is 356 g/mol. The van der Waals surface area contributed by atoms with Crippen LogP contribution < -0.4 is 4.90 Å². The molecule has 0 aliphatic carbocycles. The van der Waals surface area contributed by atoms with Gasteiger partial charge in [0.2, 0.25) is 0 Å². The number of halogens is 1. The third-order valence-electron chi connectivity index (χ3n) is 4.05. The molecule has 1 aliphatic rings. The second-order valence-corrected chi connectivity index (χ2v) is 6.46. The Labute approximate surface area is 139 Å². The van der Waals surface area contributed by atoms with Gasteiger partial charge >= 0.3 is 0 Å². The van der Waals surface area contributed by atoms with Gasteiger partial charge in [-0.1, -0.05) is 28.1 Å². The van der Waals surface area contributed by atoms with E-state index in [1.807, 2.05) is 12.1 Å². The van der Waals surface area contributed by atoms with E-state index in [-0.39, 0.29) is 0 Å². The molecule has 0 aromatic heterocycles. The number of hydrogen-bond acceptors (Lipinski definition) is 3. The molecule has 0 N–H and O–H groups in total. The monoisotopic (exact) mass is 355 g/mol. The van der Waals surface area contributed by atoms with Crippen molar-refractivity contribution in [1.82, 2.24) is 4.90 Å². The maximum Gasteiger partial charge on any atom is 0.0991 e. The first-order valence-corrected chi connectivity index (χ1v) is 8.26. The molecule has 0 radical (unpaired) electrons. The number of hydrogen-bond donors (Lipinski definition) is 0. The van der Waals surface area contributed by atoms with Crippen molar-refractivity contribution < 1.29 is 0 Å². The average Bonchev–Trinajstić information content (AvgIpc) is 2.57. The Morgan fingerprint density at radius 1 is 0.909 bits per heavy atom. The molecule has 3 nitrogen and oxygen atoms in total. The van der Waals surface area contributed by atoms with Crippen LogP contribution >= 0.6 is 15.9 Å². The summed E-state index contributed by atoms with van der Waals surface area (Å²) >= 11 is 3.48. The molecule has 2 aromatic carbocycles. The fourth-order valence-corrected chi connectivity index (χ4v) is 3.02. The highest BCUT2D eigenvalue weighted by atomic mass is 79.9. The molecular formula is C18H18BrN3. The first kappa shape index (κ1) is 15.1. The molecule has 1 saturated heterocycles. The molecule has 4 heteroatoms. The van der Waals surface area contributed by atoms with E-state index in [0.717, 1.165) is 42.8 Å². The lowest BCUT2D eigenvalue weighted by Crippen LogP contribution is -2.45. The second kappa shape index (κ2) is 6.95. The quantitative estimate of drug-likeness (QED) is 0.841. The Balaban J connectivity index is 1.55. The third-order valence-corrected chi connectivity index (χ3v) is 4.58. The van der Waals surface area contributed by atoms with Gasteiger partial charge in [0, 0.05) is 42.9 Å². The Bertz CT molecular complexity index is 650. The Kier molecular flexibility index (Phi) is 4.77. The normalized spacial score (nSPS) is 15.5. The van der Waals surface area contributed by atoms with Crippen LogP contribution in [-0.2, 0) is 6.54 Å². The fourth-order valence-electron chi connectivity index (χ4n) is 2.76. The van der Waals surface area contributed by atoms with Crippen molar-refractivity contribution in [2.24, 2.45) is 0 Å². The predicted molar refractivity (Wildman–Crippen MR) is 92.8 cm³/mol. The van der Waals surface area contributed by atoms with Gasteiger partial charge in [-0.25, -0.2) is 0 Å². The molecule has 1 fully saturated rings. The SMILES string of the molecule is N#Cc1ccc(CN2CCN(c3ccc(Br)cc3)CC2)cc1. The molecule has 0 saturated carbocycles. The predicted octanol–water partition coefficient (Wildman–Crippen LogP) is 3.64. The number of nitriles is 1. The maximum atomic E-state index is 8.84. The summed E-state index contributed by atoms with van der Waals surface area (Å²) in [6, 6.07) is 18.6. The van der Waals surface area contributed by atoms with Crippen LogP contribution in [0, 0.1) is 11.3 Å². The zero-order valence-electron chi connectivity index (χ0n) is 12.4. The smallest absolute Gasteiger partial charge is 0.0991 e. The Morgan fingerprint density at radius 2 is 1.55 bits per heavy atom. The van der Waals surface area contributed by atoms with E-state index in [4.69, 9.17) is 5.26 Å². The van der Waals surface area contributed by atoms with Crippen LogP contribution in [0.15, 0.2) is 53.0 Å². The van der Waals surface area contributed by atoms with Gasteiger partial charge in [-0.15, -0.1) is 0 Å². The van der Waals surface area contributed by atoms with Gasteiger partial charge in [0.1, 0.15) is 0 Å². The van der Waals surface area contributed by atoms with Crippen LogP contribution in [0.1, 0.15) is 11.1 Å². The summed E-state index contributed by atoms with van der Waals surface area (Å²) in [7, 11) is 0. The van der Waals surface area contributed by atoms with Crippen LogP contribution in [0.3, 0.4) is 0 Å². The van der Waals surface area contributed by atoms with Crippen molar-refractivity contribution in [2.75, 3.05) is 31.1 Å². The first-order chi connectivity index (χ1) is 10.7. The molecular weight excluding hydrogens is 338 g/mol. The summed E-state index contributed by atoms with van der Waals surface area (Å²) in [5, 5.41) is 8.84. The molecule has 0 unspecified atom stereocenters. The highest BCUT2D eigenvalue weighted by Gasteiger charge is 2.17. The van der Waals surface area contributed by atoms with Crippen molar-refractivity contribution in [3.8, 4) is 6.07 Å². The minimum atomic E-state index is 0.726. The lowest BCUT2D eigenvalue weighted by Gasteiger charge is -2.36. The third kappa shape index (κ3) is 3.68. The molecule has 112 valence electrons. The summed E-state index contributed by atoms with van der Waals surface area (Å²) < 4.78 is 1.12. The second-order valence-electron chi connectivity index (χ2n) is 5.55. The van der Waals surface area contributed by atoms with E-state index in [1.54, 1.807) is 0 Å². The minimum absolute atomic E-state index is 0.726. The van der Waals surface area contributed by atoms with Gasteiger partial charge in [-0.05, 0) is 42.0 Å². The zero-order valence-corrected chi connectivity index (χ0v) is 14.0. The summed E-state index contributed by atoms with van der Waals surface area (Å²) in [6.45, 7) is 5.20. The van der Waals surface area contributed by atoms with Crippen LogP contribution in [-0.4, -0.2) is 31.1 Å². The topological polar surface area (TPSA) is 30.3 Å². The van der Waals surface area contributed by atoms with E-state index < -0.39 is 0 Å². The summed E-state index contributed by atoms with van der Waals surface area (Å²) in [5.41, 5.74) is 3.29. The number of rotatable bonds is 3. The van der Waals surface area contributed by atoms with Gasteiger partial charge in [0.05, 0.1) is 11.6 Å². The maximum absolute atomic E-state index is 8.84. The van der Waals surface area contributed by atoms with E-state index >= 15 is 0 Å². The van der Waals surface area contributed by atoms with Gasteiger partial charge in [-0.3, -0.25) is 4.90 Å². The number of anilines is 1. The van der Waals surface area contributed by atoms with Gasteiger partial charge in [0.25, 0.3) is 0 Å². The van der Waals surface area contributed by atoms with Gasteiger partial charge in [0.15, 0.2) is 0 Å². The van der Waals surface area contributed by atoms with E-state index in [0.29, 0.717) is 0 Å². The van der Waals surface area contributed by atoms with E-state index in [2.05, 4.69) is 68.2 Å². The van der Waals surface area contributed by atoms with E-state index in [1.165, 1.54) is 11.3 Å². The fraction of sp³-hybridized carbons (Fsp3) is 0.278. The van der Waals surface area contributed by atoms with E-state index in [9.17, 15) is 0 Å². The Morgan fingerprint density at radius 3 is 2.14 bits per heavy atom. The van der Waals surface area contributed by atoms with Crippen LogP contribution in [0.5, 0.6) is 0 Å². The lowest BCUT2D eigenvalue weighted by molar-refractivity contribution is 0.250. The van der Waals surface area contributed by atoms with Crippen molar-refractivity contribution in [3.63, 3.8) is 0 Å². The van der Waals surface area contributed by atoms with Gasteiger partial charge < -0.3 is 4.90 Å². The van der Waals surface area contributed by atoms with Gasteiger partial charge in [-0.2, -0.15) is 5.26 Å². The standard InChI is InChI=1S/C18H18BrN3/c19-17-5-7-18(8-6-17)22-11-9-21(10-12-22)14-16-3-1-15(13-20)2-4-16/h1-8H,9-12,14H2. The molecule has 0 amide bonds. The minimum Gasteiger partial charge on any atom is -0.369 e. The summed E-state index contributed by atoms with van der Waals surface area (Å²) in [5.74, 6) is 0. The largest absolute Gasteiger partial charge is 0.369 e. The Hall–Kier alpha value is -1.83. The van der Waals surface area contributed by atoms with Crippen LogP contribution in [0.25, 0.3) is 0 Å². The first-order valence-electron chi connectivity index (χ1n) is 7.46. The number of piperazine rings is 1. The zero-order chi connectivity index (χ0) is 15.4. The van der Waals surface area contributed by atoms with Crippen LogP contribution in [0.4, 0.5) is 5.69 Å². The molecule has 3 rings (SSSR count). The molecule has 0 bridgehead atoms. The van der Waals surface area contributed by atoms with Crippen molar-refractivity contribution in [1.29, 1.82) is 5.26 Å². The number of benzene rings is 2. The molecule has 22 heavy (non-hydrogen) atoms. The molecule has 2 aromatic rings. The van der Waals surface area contributed by atoms with Crippen molar-refractivity contribution in [2.45, 2.75) is 6.54 Å². The highest BCUT2D eigenvalue weighted by Crippen LogP contribution is 2.20. The summed E-state index contributed by atoms with van der Waals surface area (Å²) in [4.78, 5) is 4.90. The van der Waals surface area contributed by atoms with Crippen LogP contribution in [0.2, 0.25) is 0 Å². The summed E-state index contributed by atoms with van der Waals surface area (Å²) in [6.07, 6.45) is 0. The highest BCUT2D eigenvalue weighted by molar-refractivity contribution is 9.10. The lowest BCUT2D eigenvalue weighted by atomic mass is 10.1. The van der Waals surface area contributed by atoms with Crippen molar-refractivity contribution in [3.05, 3.63) is 64.1 Å². The van der Waals surface area contributed by atoms with Crippen molar-refractivity contribution >= 4 is 21.6 Å². The molecule has 0 spiro atoms. The molecule has 1 aliphatic heterocycles. The molecule has 0 atom stereocenters. The number of nitrogens with zero attached hydrogens (tertiary/aromatic N) is 3. The molecule has 1 heterocycles.